The van der Waals surface area contributed by atoms with E-state index in [1.165, 1.54) is 5.56 Å². The lowest BCUT2D eigenvalue weighted by atomic mass is 10.1. The van der Waals surface area contributed by atoms with E-state index < -0.39 is 0 Å². The zero-order valence-electron chi connectivity index (χ0n) is 12.6. The maximum atomic E-state index is 5.94. The quantitative estimate of drug-likeness (QED) is 0.800. The lowest BCUT2D eigenvalue weighted by Crippen LogP contribution is -2.22. The second kappa shape index (κ2) is 4.72. The standard InChI is InChI=1S/C16H22N2O/c1-11-9-12(2)15(13(3)10-11)19-14-7-8-18(17-14)16(4,5)6/h7-10H,1-6H3. The van der Waals surface area contributed by atoms with Crippen LogP contribution in [0, 0.1) is 20.8 Å². The molecule has 0 fully saturated rings. The van der Waals surface area contributed by atoms with Gasteiger partial charge in [-0.3, -0.25) is 4.68 Å². The van der Waals surface area contributed by atoms with Gasteiger partial charge in [0, 0.05) is 12.3 Å². The molecule has 0 aliphatic rings. The van der Waals surface area contributed by atoms with Crippen LogP contribution in [0.15, 0.2) is 24.4 Å². The molecule has 0 unspecified atom stereocenters. The molecular formula is C16H22N2O. The Balaban J connectivity index is 2.30. The largest absolute Gasteiger partial charge is 0.437 e. The fourth-order valence-electron chi connectivity index (χ4n) is 2.17. The van der Waals surface area contributed by atoms with Crippen molar-refractivity contribution < 1.29 is 4.74 Å². The number of hydrogen-bond acceptors (Lipinski definition) is 2. The molecule has 1 aromatic carbocycles. The Kier molecular flexibility index (Phi) is 3.40. The average Bonchev–Trinajstić information content (AvgIpc) is 2.71. The third-order valence-corrected chi connectivity index (χ3v) is 3.06. The first-order valence-electron chi connectivity index (χ1n) is 6.59. The van der Waals surface area contributed by atoms with Gasteiger partial charge < -0.3 is 4.74 Å². The van der Waals surface area contributed by atoms with Crippen LogP contribution in [0.3, 0.4) is 0 Å². The van der Waals surface area contributed by atoms with Gasteiger partial charge in [-0.15, -0.1) is 5.10 Å². The molecule has 0 aliphatic carbocycles. The third kappa shape index (κ3) is 2.98. The number of nitrogens with zero attached hydrogens (tertiary/aromatic N) is 2. The zero-order chi connectivity index (χ0) is 14.2. The summed E-state index contributed by atoms with van der Waals surface area (Å²) in [7, 11) is 0. The minimum Gasteiger partial charge on any atom is -0.437 e. The molecule has 1 aromatic heterocycles. The predicted molar refractivity (Wildman–Crippen MR) is 78.0 cm³/mol. The van der Waals surface area contributed by atoms with Crippen LogP contribution in [0.4, 0.5) is 0 Å². The van der Waals surface area contributed by atoms with Crippen molar-refractivity contribution in [3.05, 3.63) is 41.1 Å². The van der Waals surface area contributed by atoms with E-state index in [9.17, 15) is 0 Å². The molecule has 2 aromatic rings. The van der Waals surface area contributed by atoms with Gasteiger partial charge in [0.05, 0.1) is 5.54 Å². The number of ether oxygens (including phenoxy) is 1. The van der Waals surface area contributed by atoms with Gasteiger partial charge >= 0.3 is 0 Å². The number of aromatic nitrogens is 2. The molecule has 0 radical (unpaired) electrons. The topological polar surface area (TPSA) is 27.1 Å². The van der Waals surface area contributed by atoms with E-state index in [-0.39, 0.29) is 5.54 Å². The van der Waals surface area contributed by atoms with E-state index in [1.807, 2.05) is 16.9 Å². The highest BCUT2D eigenvalue weighted by atomic mass is 16.5. The molecule has 0 saturated carbocycles. The summed E-state index contributed by atoms with van der Waals surface area (Å²) in [6.45, 7) is 12.6. The van der Waals surface area contributed by atoms with Gasteiger partial charge in [-0.2, -0.15) is 0 Å². The zero-order valence-corrected chi connectivity index (χ0v) is 12.6. The van der Waals surface area contributed by atoms with Gasteiger partial charge in [0.1, 0.15) is 5.75 Å². The summed E-state index contributed by atoms with van der Waals surface area (Å²) in [6, 6.07) is 6.16. The SMILES string of the molecule is Cc1cc(C)c(Oc2ccn(C(C)(C)C)n2)c(C)c1. The first kappa shape index (κ1) is 13.7. The van der Waals surface area contributed by atoms with E-state index in [4.69, 9.17) is 4.74 Å². The van der Waals surface area contributed by atoms with Crippen molar-refractivity contribution in [3.63, 3.8) is 0 Å². The van der Waals surface area contributed by atoms with Crippen molar-refractivity contribution in [1.29, 1.82) is 0 Å². The van der Waals surface area contributed by atoms with Gasteiger partial charge in [-0.05, 0) is 52.7 Å². The Labute approximate surface area is 115 Å². The van der Waals surface area contributed by atoms with Crippen molar-refractivity contribution in [2.24, 2.45) is 0 Å². The van der Waals surface area contributed by atoms with Gasteiger partial charge in [-0.25, -0.2) is 0 Å². The van der Waals surface area contributed by atoms with Crippen molar-refractivity contribution in [2.75, 3.05) is 0 Å². The Hall–Kier alpha value is -1.77. The van der Waals surface area contributed by atoms with Crippen LogP contribution in [0.25, 0.3) is 0 Å². The Morgan fingerprint density at radius 2 is 1.63 bits per heavy atom. The van der Waals surface area contributed by atoms with Crippen LogP contribution in [-0.2, 0) is 5.54 Å². The minimum absolute atomic E-state index is 0.0288. The number of aryl methyl sites for hydroxylation is 3. The summed E-state index contributed by atoms with van der Waals surface area (Å²) in [4.78, 5) is 0. The molecule has 19 heavy (non-hydrogen) atoms. The molecule has 0 saturated heterocycles. The summed E-state index contributed by atoms with van der Waals surface area (Å²) in [5.41, 5.74) is 3.51. The maximum Gasteiger partial charge on any atom is 0.238 e. The van der Waals surface area contributed by atoms with E-state index in [0.717, 1.165) is 16.9 Å². The molecule has 3 nitrogen and oxygen atoms in total. The number of hydrogen-bond donors (Lipinski definition) is 0. The van der Waals surface area contributed by atoms with Crippen LogP contribution in [0.2, 0.25) is 0 Å². The molecule has 1 heterocycles. The lowest BCUT2D eigenvalue weighted by Gasteiger charge is -2.18. The molecule has 0 amide bonds. The maximum absolute atomic E-state index is 5.94. The van der Waals surface area contributed by atoms with Crippen LogP contribution < -0.4 is 4.74 Å². The fraction of sp³-hybridized carbons (Fsp3) is 0.438. The summed E-state index contributed by atoms with van der Waals surface area (Å²) in [5.74, 6) is 1.55. The number of rotatable bonds is 2. The second-order valence-electron chi connectivity index (χ2n) is 6.10. The van der Waals surface area contributed by atoms with Gasteiger partial charge in [0.25, 0.3) is 0 Å². The van der Waals surface area contributed by atoms with Crippen LogP contribution >= 0.6 is 0 Å². The molecule has 0 N–H and O–H groups in total. The Morgan fingerprint density at radius 1 is 1.05 bits per heavy atom. The second-order valence-corrected chi connectivity index (χ2v) is 6.10. The number of benzene rings is 1. The molecule has 102 valence electrons. The van der Waals surface area contributed by atoms with Gasteiger partial charge in [0.15, 0.2) is 0 Å². The van der Waals surface area contributed by atoms with Crippen LogP contribution in [-0.4, -0.2) is 9.78 Å². The smallest absolute Gasteiger partial charge is 0.238 e. The Morgan fingerprint density at radius 3 is 2.11 bits per heavy atom. The molecular weight excluding hydrogens is 236 g/mol. The predicted octanol–water partition coefficient (Wildman–Crippen LogP) is 4.36. The van der Waals surface area contributed by atoms with E-state index in [1.54, 1.807) is 0 Å². The van der Waals surface area contributed by atoms with Crippen molar-refractivity contribution in [2.45, 2.75) is 47.1 Å². The normalized spacial score (nSPS) is 11.7. The highest BCUT2D eigenvalue weighted by Gasteiger charge is 2.15. The molecule has 0 atom stereocenters. The third-order valence-electron chi connectivity index (χ3n) is 3.06. The van der Waals surface area contributed by atoms with E-state index in [0.29, 0.717) is 5.88 Å². The summed E-state index contributed by atoms with van der Waals surface area (Å²) in [6.07, 6.45) is 1.95. The van der Waals surface area contributed by atoms with Crippen molar-refractivity contribution >= 4 is 0 Å². The highest BCUT2D eigenvalue weighted by Crippen LogP contribution is 2.29. The van der Waals surface area contributed by atoms with Gasteiger partial charge in [0.2, 0.25) is 5.88 Å². The molecule has 0 aliphatic heterocycles. The minimum atomic E-state index is -0.0288. The monoisotopic (exact) mass is 258 g/mol. The average molecular weight is 258 g/mol. The molecule has 0 bridgehead atoms. The fourth-order valence-corrected chi connectivity index (χ4v) is 2.17. The van der Waals surface area contributed by atoms with Crippen LogP contribution in [0.1, 0.15) is 37.5 Å². The van der Waals surface area contributed by atoms with Crippen LogP contribution in [0.5, 0.6) is 11.6 Å². The first-order valence-corrected chi connectivity index (χ1v) is 6.59. The Bertz CT molecular complexity index is 568. The van der Waals surface area contributed by atoms with Gasteiger partial charge in [-0.1, -0.05) is 17.7 Å². The summed E-state index contributed by atoms with van der Waals surface area (Å²) in [5, 5.41) is 4.48. The van der Waals surface area contributed by atoms with E-state index >= 15 is 0 Å². The first-order chi connectivity index (χ1) is 8.77. The lowest BCUT2D eigenvalue weighted by molar-refractivity contribution is 0.340. The summed E-state index contributed by atoms with van der Waals surface area (Å²) >= 11 is 0. The summed E-state index contributed by atoms with van der Waals surface area (Å²) < 4.78 is 7.86. The molecule has 3 heteroatoms. The van der Waals surface area contributed by atoms with E-state index in [2.05, 4.69) is 58.8 Å². The molecule has 0 spiro atoms. The van der Waals surface area contributed by atoms with Crippen molar-refractivity contribution in [1.82, 2.24) is 9.78 Å². The van der Waals surface area contributed by atoms with Crippen molar-refractivity contribution in [3.8, 4) is 11.6 Å². The molecule has 2 rings (SSSR count). The highest BCUT2D eigenvalue weighted by molar-refractivity contribution is 5.44.